The van der Waals surface area contributed by atoms with Crippen LogP contribution in [0.15, 0.2) is 29.0 Å². The molecule has 2 aromatic rings. The molecule has 1 aromatic carbocycles. The van der Waals surface area contributed by atoms with E-state index in [9.17, 15) is 0 Å². The maximum atomic E-state index is 4.22. The summed E-state index contributed by atoms with van der Waals surface area (Å²) >= 11 is 3.49. The third-order valence-corrected chi connectivity index (χ3v) is 2.95. The number of rotatable bonds is 4. The van der Waals surface area contributed by atoms with Gasteiger partial charge >= 0.3 is 0 Å². The Hall–Kier alpha value is -1.36. The molecule has 5 heteroatoms. The fourth-order valence-corrected chi connectivity index (χ4v) is 2.32. The van der Waals surface area contributed by atoms with E-state index in [1.165, 1.54) is 5.56 Å². The van der Waals surface area contributed by atoms with E-state index >= 15 is 0 Å². The summed E-state index contributed by atoms with van der Waals surface area (Å²) in [6.07, 6.45) is 1.59. The SMILES string of the molecule is CCn1ncnc1CNc1cc(C)cc(Br)c1. The molecule has 0 unspecified atom stereocenters. The minimum Gasteiger partial charge on any atom is -0.378 e. The Morgan fingerprint density at radius 2 is 2.18 bits per heavy atom. The van der Waals surface area contributed by atoms with Crippen molar-refractivity contribution >= 4 is 21.6 Å². The second kappa shape index (κ2) is 5.31. The number of nitrogens with zero attached hydrogens (tertiary/aromatic N) is 3. The first-order valence-corrected chi connectivity index (χ1v) is 6.36. The van der Waals surface area contributed by atoms with Gasteiger partial charge in [0.2, 0.25) is 0 Å². The van der Waals surface area contributed by atoms with Gasteiger partial charge in [-0.1, -0.05) is 15.9 Å². The van der Waals surface area contributed by atoms with Crippen molar-refractivity contribution in [3.05, 3.63) is 40.4 Å². The maximum absolute atomic E-state index is 4.22. The van der Waals surface area contributed by atoms with Crippen LogP contribution in [0, 0.1) is 6.92 Å². The van der Waals surface area contributed by atoms with Gasteiger partial charge in [0, 0.05) is 16.7 Å². The molecule has 0 spiro atoms. The van der Waals surface area contributed by atoms with Gasteiger partial charge in [-0.05, 0) is 37.6 Å². The van der Waals surface area contributed by atoms with Crippen LogP contribution in [0.3, 0.4) is 0 Å². The fraction of sp³-hybridized carbons (Fsp3) is 0.333. The van der Waals surface area contributed by atoms with E-state index in [-0.39, 0.29) is 0 Å². The number of aryl methyl sites for hydroxylation is 2. The van der Waals surface area contributed by atoms with Crippen LogP contribution in [0.2, 0.25) is 0 Å². The average molecular weight is 295 g/mol. The Kier molecular flexibility index (Phi) is 3.78. The molecule has 2 rings (SSSR count). The summed E-state index contributed by atoms with van der Waals surface area (Å²) in [5, 5.41) is 7.49. The molecular formula is C12H15BrN4. The Balaban J connectivity index is 2.07. The lowest BCUT2D eigenvalue weighted by molar-refractivity contribution is 0.622. The summed E-state index contributed by atoms with van der Waals surface area (Å²) in [4.78, 5) is 4.22. The second-order valence-electron chi connectivity index (χ2n) is 3.86. The van der Waals surface area contributed by atoms with Gasteiger partial charge in [0.05, 0.1) is 6.54 Å². The third kappa shape index (κ3) is 3.06. The predicted molar refractivity (Wildman–Crippen MR) is 71.9 cm³/mol. The first kappa shape index (κ1) is 12.1. The highest BCUT2D eigenvalue weighted by Crippen LogP contribution is 2.19. The smallest absolute Gasteiger partial charge is 0.146 e. The summed E-state index contributed by atoms with van der Waals surface area (Å²) < 4.78 is 2.97. The van der Waals surface area contributed by atoms with Crippen LogP contribution < -0.4 is 5.32 Å². The Labute approximate surface area is 109 Å². The highest BCUT2D eigenvalue weighted by molar-refractivity contribution is 9.10. The van der Waals surface area contributed by atoms with Gasteiger partial charge in [0.15, 0.2) is 0 Å². The summed E-state index contributed by atoms with van der Waals surface area (Å²) in [7, 11) is 0. The van der Waals surface area contributed by atoms with Crippen molar-refractivity contribution < 1.29 is 0 Å². The lowest BCUT2D eigenvalue weighted by Crippen LogP contribution is -2.09. The molecule has 0 saturated carbocycles. The van der Waals surface area contributed by atoms with Crippen LogP contribution in [0.25, 0.3) is 0 Å². The Morgan fingerprint density at radius 1 is 1.35 bits per heavy atom. The van der Waals surface area contributed by atoms with E-state index in [0.29, 0.717) is 6.54 Å². The van der Waals surface area contributed by atoms with Crippen molar-refractivity contribution in [1.29, 1.82) is 0 Å². The standard InChI is InChI=1S/C12H15BrN4/c1-3-17-12(15-8-16-17)7-14-11-5-9(2)4-10(13)6-11/h4-6,8,14H,3,7H2,1-2H3. The van der Waals surface area contributed by atoms with Crippen LogP contribution in [0.5, 0.6) is 0 Å². The zero-order chi connectivity index (χ0) is 12.3. The molecule has 0 amide bonds. The van der Waals surface area contributed by atoms with Gasteiger partial charge in [0.1, 0.15) is 12.2 Å². The number of nitrogens with one attached hydrogen (secondary N) is 1. The molecule has 1 aromatic heterocycles. The van der Waals surface area contributed by atoms with E-state index in [4.69, 9.17) is 0 Å². The van der Waals surface area contributed by atoms with Crippen molar-refractivity contribution in [1.82, 2.24) is 14.8 Å². The lowest BCUT2D eigenvalue weighted by atomic mass is 10.2. The third-order valence-electron chi connectivity index (χ3n) is 2.49. The quantitative estimate of drug-likeness (QED) is 0.943. The molecule has 0 fully saturated rings. The average Bonchev–Trinajstić information content (AvgIpc) is 2.72. The molecule has 1 heterocycles. The van der Waals surface area contributed by atoms with Gasteiger partial charge in [-0.2, -0.15) is 5.10 Å². The summed E-state index contributed by atoms with van der Waals surface area (Å²) in [5.74, 6) is 0.949. The second-order valence-corrected chi connectivity index (χ2v) is 4.78. The zero-order valence-corrected chi connectivity index (χ0v) is 11.5. The normalized spacial score (nSPS) is 10.5. The van der Waals surface area contributed by atoms with Crippen LogP contribution in [-0.2, 0) is 13.1 Å². The number of hydrogen-bond acceptors (Lipinski definition) is 3. The fourth-order valence-electron chi connectivity index (χ4n) is 1.71. The van der Waals surface area contributed by atoms with Crippen LogP contribution >= 0.6 is 15.9 Å². The minimum absolute atomic E-state index is 0.684. The van der Waals surface area contributed by atoms with E-state index in [2.05, 4.69) is 63.4 Å². The summed E-state index contributed by atoms with van der Waals surface area (Å²) in [5.41, 5.74) is 2.31. The summed E-state index contributed by atoms with van der Waals surface area (Å²) in [6, 6.07) is 6.25. The molecule has 1 N–H and O–H groups in total. The summed E-state index contributed by atoms with van der Waals surface area (Å²) in [6.45, 7) is 5.66. The minimum atomic E-state index is 0.684. The molecule has 0 saturated heterocycles. The molecule has 0 aliphatic rings. The Bertz CT molecular complexity index is 487. The molecule has 0 radical (unpaired) electrons. The van der Waals surface area contributed by atoms with E-state index in [1.54, 1.807) is 6.33 Å². The first-order chi connectivity index (χ1) is 8.19. The molecule has 0 aliphatic heterocycles. The number of halogens is 1. The van der Waals surface area contributed by atoms with Crippen molar-refractivity contribution in [2.45, 2.75) is 26.9 Å². The van der Waals surface area contributed by atoms with Gasteiger partial charge in [-0.3, -0.25) is 0 Å². The number of hydrogen-bond donors (Lipinski definition) is 1. The molecule has 17 heavy (non-hydrogen) atoms. The first-order valence-electron chi connectivity index (χ1n) is 5.57. The van der Waals surface area contributed by atoms with Crippen molar-refractivity contribution in [2.75, 3.05) is 5.32 Å². The monoisotopic (exact) mass is 294 g/mol. The van der Waals surface area contributed by atoms with Crippen LogP contribution in [-0.4, -0.2) is 14.8 Å². The molecule has 4 nitrogen and oxygen atoms in total. The topological polar surface area (TPSA) is 42.7 Å². The predicted octanol–water partition coefficient (Wildman–Crippen LogP) is 2.98. The van der Waals surface area contributed by atoms with Gasteiger partial charge < -0.3 is 5.32 Å². The molecular weight excluding hydrogens is 280 g/mol. The van der Waals surface area contributed by atoms with E-state index in [0.717, 1.165) is 22.5 Å². The number of benzene rings is 1. The van der Waals surface area contributed by atoms with Crippen molar-refractivity contribution in [3.63, 3.8) is 0 Å². The molecule has 0 aliphatic carbocycles. The lowest BCUT2D eigenvalue weighted by Gasteiger charge is -2.08. The Morgan fingerprint density at radius 3 is 2.88 bits per heavy atom. The largest absolute Gasteiger partial charge is 0.378 e. The van der Waals surface area contributed by atoms with E-state index in [1.807, 2.05) is 4.68 Å². The van der Waals surface area contributed by atoms with Gasteiger partial charge in [0.25, 0.3) is 0 Å². The highest BCUT2D eigenvalue weighted by Gasteiger charge is 2.02. The van der Waals surface area contributed by atoms with Gasteiger partial charge in [-0.25, -0.2) is 9.67 Å². The molecule has 0 bridgehead atoms. The van der Waals surface area contributed by atoms with Crippen LogP contribution in [0.1, 0.15) is 18.3 Å². The number of aromatic nitrogens is 3. The molecule has 90 valence electrons. The zero-order valence-electron chi connectivity index (χ0n) is 9.94. The van der Waals surface area contributed by atoms with E-state index < -0.39 is 0 Å². The highest BCUT2D eigenvalue weighted by atomic mass is 79.9. The number of anilines is 1. The maximum Gasteiger partial charge on any atom is 0.146 e. The van der Waals surface area contributed by atoms with Gasteiger partial charge in [-0.15, -0.1) is 0 Å². The van der Waals surface area contributed by atoms with Crippen LogP contribution in [0.4, 0.5) is 5.69 Å². The van der Waals surface area contributed by atoms with Crippen molar-refractivity contribution in [2.24, 2.45) is 0 Å². The van der Waals surface area contributed by atoms with Crippen molar-refractivity contribution in [3.8, 4) is 0 Å². The molecule has 0 atom stereocenters.